The number of hydrogen-bond acceptors (Lipinski definition) is 7. The van der Waals surface area contributed by atoms with Crippen LogP contribution in [0.2, 0.25) is 5.02 Å². The Morgan fingerprint density at radius 2 is 2.04 bits per heavy atom. The van der Waals surface area contributed by atoms with Crippen molar-refractivity contribution >= 4 is 51.6 Å². The van der Waals surface area contributed by atoms with Crippen molar-refractivity contribution in [2.75, 3.05) is 11.1 Å². The number of rotatable bonds is 7. The molecule has 0 saturated carbocycles. The largest absolute Gasteiger partial charge is 0.467 e. The second-order valence-corrected chi connectivity index (χ2v) is 7.56. The number of furan rings is 1. The van der Waals surface area contributed by atoms with Gasteiger partial charge in [0, 0.05) is 0 Å². The number of carbonyl (C=O) groups is 2. The standard InChI is InChI=1S/C16H13ClN4O3S2/c17-12-6-2-1-5-11(12)14(23)19-15-20-21-16(26-15)25-9-13(22)18-8-10-4-3-7-24-10/h1-7H,8-9H2,(H,18,22)(H,19,20,23). The molecule has 3 aromatic rings. The number of carbonyl (C=O) groups excluding carboxylic acids is 2. The number of halogens is 1. The number of amides is 2. The summed E-state index contributed by atoms with van der Waals surface area (Å²) in [5, 5.41) is 13.9. The van der Waals surface area contributed by atoms with E-state index in [2.05, 4.69) is 20.8 Å². The third kappa shape index (κ3) is 5.07. The fourth-order valence-electron chi connectivity index (χ4n) is 1.91. The van der Waals surface area contributed by atoms with Crippen LogP contribution in [0.15, 0.2) is 51.4 Å². The van der Waals surface area contributed by atoms with Gasteiger partial charge in [0.25, 0.3) is 5.91 Å². The molecule has 2 N–H and O–H groups in total. The second kappa shape index (κ2) is 8.84. The first-order valence-electron chi connectivity index (χ1n) is 7.43. The minimum atomic E-state index is -0.362. The SMILES string of the molecule is O=C(CSc1nnc(NC(=O)c2ccccc2Cl)s1)NCc1ccco1. The van der Waals surface area contributed by atoms with Crippen LogP contribution in [0.3, 0.4) is 0 Å². The number of thioether (sulfide) groups is 1. The summed E-state index contributed by atoms with van der Waals surface area (Å²) < 4.78 is 5.72. The van der Waals surface area contributed by atoms with Crippen molar-refractivity contribution in [3.8, 4) is 0 Å². The summed E-state index contributed by atoms with van der Waals surface area (Å²) in [7, 11) is 0. The van der Waals surface area contributed by atoms with Crippen molar-refractivity contribution in [1.82, 2.24) is 15.5 Å². The van der Waals surface area contributed by atoms with Gasteiger partial charge in [-0.1, -0.05) is 46.8 Å². The average Bonchev–Trinajstić information content (AvgIpc) is 3.30. The molecule has 1 aromatic carbocycles. The highest BCUT2D eigenvalue weighted by atomic mass is 35.5. The van der Waals surface area contributed by atoms with Crippen LogP contribution in [0.4, 0.5) is 5.13 Å². The smallest absolute Gasteiger partial charge is 0.259 e. The van der Waals surface area contributed by atoms with Crippen LogP contribution in [0.25, 0.3) is 0 Å². The van der Waals surface area contributed by atoms with Gasteiger partial charge in [-0.05, 0) is 24.3 Å². The fourth-order valence-corrected chi connectivity index (χ4v) is 3.70. The number of benzene rings is 1. The van der Waals surface area contributed by atoms with Crippen molar-refractivity contribution in [3.05, 3.63) is 59.0 Å². The Morgan fingerprint density at radius 3 is 2.81 bits per heavy atom. The molecule has 0 aliphatic rings. The summed E-state index contributed by atoms with van der Waals surface area (Å²) in [6.45, 7) is 0.335. The van der Waals surface area contributed by atoms with Crippen molar-refractivity contribution < 1.29 is 14.0 Å². The zero-order chi connectivity index (χ0) is 18.4. The summed E-state index contributed by atoms with van der Waals surface area (Å²) in [4.78, 5) is 24.0. The lowest BCUT2D eigenvalue weighted by molar-refractivity contribution is -0.118. The van der Waals surface area contributed by atoms with E-state index in [1.165, 1.54) is 23.1 Å². The highest BCUT2D eigenvalue weighted by Crippen LogP contribution is 2.26. The number of hydrogen-bond donors (Lipinski definition) is 2. The van der Waals surface area contributed by atoms with E-state index in [1.54, 1.807) is 42.7 Å². The van der Waals surface area contributed by atoms with Gasteiger partial charge >= 0.3 is 0 Å². The van der Waals surface area contributed by atoms with E-state index in [-0.39, 0.29) is 17.6 Å². The lowest BCUT2D eigenvalue weighted by Crippen LogP contribution is -2.24. The first-order valence-corrected chi connectivity index (χ1v) is 9.61. The molecule has 7 nitrogen and oxygen atoms in total. The molecular weight excluding hydrogens is 396 g/mol. The molecule has 0 aliphatic heterocycles. The zero-order valence-corrected chi connectivity index (χ0v) is 15.7. The molecule has 0 atom stereocenters. The molecule has 0 aliphatic carbocycles. The fraction of sp³-hybridized carbons (Fsp3) is 0.125. The van der Waals surface area contributed by atoms with Gasteiger partial charge in [-0.3, -0.25) is 14.9 Å². The van der Waals surface area contributed by atoms with E-state index in [4.69, 9.17) is 16.0 Å². The van der Waals surface area contributed by atoms with Gasteiger partial charge in [-0.15, -0.1) is 10.2 Å². The molecule has 0 fully saturated rings. The Kier molecular flexibility index (Phi) is 6.26. The van der Waals surface area contributed by atoms with Crippen LogP contribution >= 0.6 is 34.7 Å². The number of nitrogens with zero attached hydrogens (tertiary/aromatic N) is 2. The number of anilines is 1. The molecule has 2 aromatic heterocycles. The van der Waals surface area contributed by atoms with E-state index < -0.39 is 0 Å². The molecule has 26 heavy (non-hydrogen) atoms. The number of nitrogens with one attached hydrogen (secondary N) is 2. The molecule has 3 rings (SSSR count). The van der Waals surface area contributed by atoms with E-state index >= 15 is 0 Å². The minimum absolute atomic E-state index is 0.150. The molecule has 0 radical (unpaired) electrons. The van der Waals surface area contributed by atoms with Crippen LogP contribution < -0.4 is 10.6 Å². The van der Waals surface area contributed by atoms with Gasteiger partial charge in [-0.25, -0.2) is 0 Å². The summed E-state index contributed by atoms with van der Waals surface area (Å²) in [6, 6.07) is 10.3. The normalized spacial score (nSPS) is 10.5. The maximum Gasteiger partial charge on any atom is 0.259 e. The zero-order valence-electron chi connectivity index (χ0n) is 13.3. The highest BCUT2D eigenvalue weighted by molar-refractivity contribution is 8.01. The molecular formula is C16H13ClN4O3S2. The van der Waals surface area contributed by atoms with E-state index in [0.717, 1.165) is 0 Å². The maximum absolute atomic E-state index is 12.2. The van der Waals surface area contributed by atoms with Gasteiger partial charge in [0.05, 0.1) is 29.1 Å². The van der Waals surface area contributed by atoms with E-state index in [9.17, 15) is 9.59 Å². The molecule has 2 heterocycles. The molecule has 134 valence electrons. The lowest BCUT2D eigenvalue weighted by Gasteiger charge is -2.02. The molecule has 0 saturated heterocycles. The summed E-state index contributed by atoms with van der Waals surface area (Å²) in [5.74, 6) is 0.361. The van der Waals surface area contributed by atoms with Crippen LogP contribution in [-0.2, 0) is 11.3 Å². The molecule has 0 bridgehead atoms. The molecule has 10 heteroatoms. The van der Waals surface area contributed by atoms with Gasteiger partial charge in [-0.2, -0.15) is 0 Å². The van der Waals surface area contributed by atoms with Crippen molar-refractivity contribution in [3.63, 3.8) is 0 Å². The summed E-state index contributed by atoms with van der Waals surface area (Å²) >= 11 is 8.42. The Bertz CT molecular complexity index is 899. The highest BCUT2D eigenvalue weighted by Gasteiger charge is 2.13. The summed E-state index contributed by atoms with van der Waals surface area (Å²) in [5.41, 5.74) is 0.357. The first-order chi connectivity index (χ1) is 12.6. The Hall–Kier alpha value is -2.36. The van der Waals surface area contributed by atoms with Crippen molar-refractivity contribution in [2.45, 2.75) is 10.9 Å². The van der Waals surface area contributed by atoms with Crippen molar-refractivity contribution in [2.24, 2.45) is 0 Å². The Balaban J connectivity index is 1.48. The van der Waals surface area contributed by atoms with Gasteiger partial charge in [0.2, 0.25) is 11.0 Å². The van der Waals surface area contributed by atoms with Crippen LogP contribution in [0.5, 0.6) is 0 Å². The summed E-state index contributed by atoms with van der Waals surface area (Å²) in [6.07, 6.45) is 1.55. The predicted octanol–water partition coefficient (Wildman–Crippen LogP) is 3.45. The third-order valence-corrected chi connectivity index (χ3v) is 5.41. The van der Waals surface area contributed by atoms with Crippen molar-refractivity contribution in [1.29, 1.82) is 0 Å². The monoisotopic (exact) mass is 408 g/mol. The molecule has 0 unspecified atom stereocenters. The lowest BCUT2D eigenvalue weighted by atomic mass is 10.2. The topological polar surface area (TPSA) is 97.1 Å². The van der Waals surface area contributed by atoms with Gasteiger partial charge in [0.15, 0.2) is 4.34 Å². The van der Waals surface area contributed by atoms with Crippen LogP contribution in [-0.4, -0.2) is 27.8 Å². The number of aromatic nitrogens is 2. The van der Waals surface area contributed by atoms with E-state index in [1.807, 2.05) is 0 Å². The van der Waals surface area contributed by atoms with Crippen LogP contribution in [0, 0.1) is 0 Å². The first kappa shape index (κ1) is 18.4. The second-order valence-electron chi connectivity index (χ2n) is 4.95. The Morgan fingerprint density at radius 1 is 1.19 bits per heavy atom. The predicted molar refractivity (Wildman–Crippen MR) is 101 cm³/mol. The molecule has 0 spiro atoms. The molecule has 2 amide bonds. The maximum atomic E-state index is 12.2. The van der Waals surface area contributed by atoms with Crippen LogP contribution in [0.1, 0.15) is 16.1 Å². The Labute approximate surface area is 162 Å². The average molecular weight is 409 g/mol. The quantitative estimate of drug-likeness (QED) is 0.459. The van der Waals surface area contributed by atoms with Gasteiger partial charge < -0.3 is 9.73 Å². The van der Waals surface area contributed by atoms with Gasteiger partial charge in [0.1, 0.15) is 5.76 Å². The minimum Gasteiger partial charge on any atom is -0.467 e. The van der Waals surface area contributed by atoms with E-state index in [0.29, 0.717) is 32.4 Å². The third-order valence-electron chi connectivity index (χ3n) is 3.11.